The Hall–Kier alpha value is -3.52. The molecule has 0 aliphatic carbocycles. The smallest absolute Gasteiger partial charge is 0.197 e. The average molecular weight is 934 g/mol. The highest BCUT2D eigenvalue weighted by molar-refractivity contribution is 7.95. The van der Waals surface area contributed by atoms with Crippen LogP contribution in [0.5, 0.6) is 11.5 Å². The van der Waals surface area contributed by atoms with Gasteiger partial charge in [0.2, 0.25) is 0 Å². The normalized spacial score (nSPS) is 12.4. The van der Waals surface area contributed by atoms with Crippen molar-refractivity contribution in [2.75, 3.05) is 37.6 Å². The zero-order chi connectivity index (χ0) is 42.1. The molecule has 0 atom stereocenters. The van der Waals surface area contributed by atoms with Crippen LogP contribution in [0.25, 0.3) is 10.8 Å². The lowest BCUT2D eigenvalue weighted by Gasteiger charge is -2.12. The number of methoxy groups -OCH3 is 1. The number of nitrogen functional groups attached to an aromatic ring is 1. The third-order valence-electron chi connectivity index (χ3n) is 6.94. The summed E-state index contributed by atoms with van der Waals surface area (Å²) in [6.07, 6.45) is 0. The third-order valence-corrected chi connectivity index (χ3v) is 12.3. The minimum absolute atomic E-state index is 0.00567. The molecule has 58 heavy (non-hydrogen) atoms. The van der Waals surface area contributed by atoms with Crippen LogP contribution in [-0.4, -0.2) is 74.8 Å². The van der Waals surface area contributed by atoms with Gasteiger partial charge in [-0.3, -0.25) is 8.37 Å². The van der Waals surface area contributed by atoms with Crippen molar-refractivity contribution in [1.82, 2.24) is 0 Å². The number of hydrogen-bond acceptors (Lipinski definition) is 29. The summed E-state index contributed by atoms with van der Waals surface area (Å²) in [7, 11) is -6.64. The van der Waals surface area contributed by atoms with Crippen LogP contribution in [0.3, 0.4) is 0 Å². The predicted octanol–water partition coefficient (Wildman–Crippen LogP) is 7.37. The summed E-state index contributed by atoms with van der Waals surface area (Å²) in [4.78, 5) is -0.478. The van der Waals surface area contributed by atoms with Gasteiger partial charge in [0.05, 0.1) is 81.2 Å². The molecule has 0 radical (unpaired) electrons. The lowest BCUT2D eigenvalue weighted by atomic mass is 10.1. The molecule has 7 N–H and O–H groups in total. The number of nitrogens with zero attached hydrogens (tertiary/aromatic N) is 4. The molecule has 0 fully saturated rings. The van der Waals surface area contributed by atoms with Gasteiger partial charge in [0.25, 0.3) is 0 Å². The van der Waals surface area contributed by atoms with Gasteiger partial charge in [-0.25, -0.2) is 37.9 Å². The maximum atomic E-state index is 12.9. The molecule has 0 aliphatic heterocycles. The van der Waals surface area contributed by atoms with Gasteiger partial charge in [-0.2, -0.15) is 0 Å². The summed E-state index contributed by atoms with van der Waals surface area (Å²) in [5, 5.41) is 76.3. The second-order valence-corrected chi connectivity index (χ2v) is 16.9. The van der Waals surface area contributed by atoms with Crippen molar-refractivity contribution < 1.29 is 93.6 Å². The van der Waals surface area contributed by atoms with E-state index < -0.39 is 36.9 Å². The van der Waals surface area contributed by atoms with Gasteiger partial charge in [-0.15, -0.1) is 37.8 Å². The Morgan fingerprint density at radius 3 is 1.78 bits per heavy atom. The van der Waals surface area contributed by atoms with Crippen LogP contribution in [-0.2, 0) is 65.5 Å². The van der Waals surface area contributed by atoms with Crippen molar-refractivity contribution >= 4 is 108 Å². The van der Waals surface area contributed by atoms with Crippen molar-refractivity contribution in [3.8, 4) is 11.5 Å². The molecule has 0 saturated heterocycles. The van der Waals surface area contributed by atoms with Crippen LogP contribution in [0.15, 0.2) is 94.6 Å². The molecule has 0 unspecified atom stereocenters. The number of phenols is 1. The molecule has 4 rings (SSSR count). The topological polar surface area (TPSA) is 346 Å². The van der Waals surface area contributed by atoms with Crippen molar-refractivity contribution in [2.45, 2.75) is 19.6 Å². The summed E-state index contributed by atoms with van der Waals surface area (Å²) in [5.41, 5.74) is 5.91. The number of fused-ring (bicyclic) bond motifs is 1. The van der Waals surface area contributed by atoms with Gasteiger partial charge in [0.15, 0.2) is 50.1 Å². The van der Waals surface area contributed by atoms with Crippen molar-refractivity contribution in [1.29, 1.82) is 0 Å². The van der Waals surface area contributed by atoms with Crippen molar-refractivity contribution in [3.63, 3.8) is 0 Å². The Kier molecular flexibility index (Phi) is 19.0. The van der Waals surface area contributed by atoms with Crippen LogP contribution in [0.4, 0.5) is 28.4 Å². The molecule has 0 heterocycles. The van der Waals surface area contributed by atoms with Crippen LogP contribution in [0, 0.1) is 0 Å². The largest absolute Gasteiger partial charge is 0.505 e. The molecule has 316 valence electrons. The Labute approximate surface area is 343 Å². The first kappa shape index (κ1) is 47.2. The van der Waals surface area contributed by atoms with E-state index in [1.807, 2.05) is 0 Å². The van der Waals surface area contributed by atoms with Crippen molar-refractivity contribution in [2.24, 2.45) is 20.5 Å². The zero-order valence-electron chi connectivity index (χ0n) is 28.7. The number of benzene rings is 4. The SMILES string of the molecule is COc1ccc(S(=O)(=O)CCOSOOO)cc1N=Nc1c(SOOO)cc2c(N=Nc3ccc(S(=O)(=O)CCOSOOO)cc3SOOO)c(N)ccc2c1O. The molecule has 0 aliphatic rings. The number of hydrogen-bond donors (Lipinski definition) is 6. The van der Waals surface area contributed by atoms with Gasteiger partial charge < -0.3 is 15.6 Å². The van der Waals surface area contributed by atoms with E-state index in [4.69, 9.17) is 39.9 Å². The number of nitrogens with two attached hydrogens (primary N) is 1. The fourth-order valence-corrected chi connectivity index (χ4v) is 8.33. The van der Waals surface area contributed by atoms with E-state index in [0.717, 1.165) is 12.1 Å². The standard InChI is InChI=1S/C27H27N5O20S6/c1-42-22-7-3-15(57(38,39)10-8-43-55-51-47-36)12-21(22)30-32-26-24(54-50-46-35)14-18-17(27(26)33)4-5-19(28)25(18)31-29-20-6-2-16(13-23(20)53-49-45-34)58(40,41)11-9-44-56-52-48-37/h2-7,12-14,33-37H,8-11,28H2,1H3. The number of phenolic OH excluding ortho intramolecular Hbond substituents is 1. The number of rotatable bonds is 25. The van der Waals surface area contributed by atoms with E-state index in [1.165, 1.54) is 49.6 Å². The summed E-state index contributed by atoms with van der Waals surface area (Å²) < 4.78 is 83.8. The maximum absolute atomic E-state index is 12.9. The fourth-order valence-electron chi connectivity index (χ4n) is 4.44. The maximum Gasteiger partial charge on any atom is 0.197 e. The van der Waals surface area contributed by atoms with Crippen LogP contribution >= 0.6 is 48.7 Å². The molecule has 0 aromatic heterocycles. The number of ether oxygens (including phenoxy) is 1. The second-order valence-electron chi connectivity index (χ2n) is 10.2. The molecular weight excluding hydrogens is 907 g/mol. The third kappa shape index (κ3) is 13.0. The van der Waals surface area contributed by atoms with E-state index >= 15 is 0 Å². The molecule has 0 bridgehead atoms. The van der Waals surface area contributed by atoms with Crippen LogP contribution in [0.2, 0.25) is 0 Å². The molecule has 0 amide bonds. The van der Waals surface area contributed by atoms with Gasteiger partial charge in [0, 0.05) is 10.8 Å². The Balaban J connectivity index is 1.73. The van der Waals surface area contributed by atoms with Crippen molar-refractivity contribution in [3.05, 3.63) is 54.6 Å². The van der Waals surface area contributed by atoms with E-state index in [-0.39, 0.29) is 102 Å². The van der Waals surface area contributed by atoms with Gasteiger partial charge in [-0.05, 0) is 54.6 Å². The molecular formula is C27H27N5O20S6. The Bertz CT molecular complexity index is 2290. The fraction of sp³-hybridized carbons (Fsp3) is 0.185. The van der Waals surface area contributed by atoms with Crippen LogP contribution < -0.4 is 10.5 Å². The summed E-state index contributed by atoms with van der Waals surface area (Å²) in [5.74, 6) is -1.47. The monoisotopic (exact) mass is 933 g/mol. The Morgan fingerprint density at radius 1 is 0.621 bits per heavy atom. The highest BCUT2D eigenvalue weighted by Gasteiger charge is 2.22. The first-order chi connectivity index (χ1) is 27.9. The highest BCUT2D eigenvalue weighted by Crippen LogP contribution is 2.48. The number of azo groups is 2. The van der Waals surface area contributed by atoms with E-state index in [9.17, 15) is 21.9 Å². The molecule has 25 nitrogen and oxygen atoms in total. The first-order valence-corrected chi connectivity index (χ1v) is 21.0. The summed E-state index contributed by atoms with van der Waals surface area (Å²) >= 11 is 1.15. The number of sulfone groups is 2. The van der Waals surface area contributed by atoms with E-state index in [1.54, 1.807) is 0 Å². The lowest BCUT2D eigenvalue weighted by molar-refractivity contribution is -0.434. The molecule has 4 aromatic carbocycles. The van der Waals surface area contributed by atoms with Gasteiger partial charge in [-0.1, -0.05) is 20.2 Å². The average Bonchev–Trinajstić information content (AvgIpc) is 3.21. The van der Waals surface area contributed by atoms with Crippen LogP contribution in [0.1, 0.15) is 0 Å². The van der Waals surface area contributed by atoms with E-state index in [2.05, 4.69) is 57.9 Å². The van der Waals surface area contributed by atoms with Gasteiger partial charge in [0.1, 0.15) is 28.5 Å². The van der Waals surface area contributed by atoms with E-state index in [0.29, 0.717) is 24.1 Å². The minimum atomic E-state index is -3.98. The second kappa shape index (κ2) is 23.3. The quantitative estimate of drug-likeness (QED) is 0.00942. The zero-order valence-corrected chi connectivity index (χ0v) is 33.6. The highest BCUT2D eigenvalue weighted by atomic mass is 32.2. The number of anilines is 1. The lowest BCUT2D eigenvalue weighted by Crippen LogP contribution is -2.11. The summed E-state index contributed by atoms with van der Waals surface area (Å²) in [6, 6.07) is 11.5. The molecule has 0 saturated carbocycles. The molecule has 4 aromatic rings. The van der Waals surface area contributed by atoms with Gasteiger partial charge >= 0.3 is 0 Å². The number of aromatic hydroxyl groups is 1. The summed E-state index contributed by atoms with van der Waals surface area (Å²) in [6.45, 7) is -0.726. The first-order valence-electron chi connectivity index (χ1n) is 14.9. The minimum Gasteiger partial charge on any atom is -0.505 e. The predicted molar refractivity (Wildman–Crippen MR) is 200 cm³/mol. The molecule has 0 spiro atoms. The molecule has 31 heteroatoms. The Morgan fingerprint density at radius 2 is 1.17 bits per heavy atom.